The Kier molecular flexibility index (Phi) is 5.41. The van der Waals surface area contributed by atoms with Gasteiger partial charge in [0.15, 0.2) is 5.71 Å². The van der Waals surface area contributed by atoms with Gasteiger partial charge in [-0.05, 0) is 43.7 Å². The minimum Gasteiger partial charge on any atom is -0.495 e. The number of rotatable bonds is 5. The lowest BCUT2D eigenvalue weighted by Crippen LogP contribution is -2.39. The second kappa shape index (κ2) is 8.03. The molecule has 4 rings (SSSR count). The van der Waals surface area contributed by atoms with Gasteiger partial charge in [0.05, 0.1) is 19.4 Å². The molecule has 160 valence electrons. The summed E-state index contributed by atoms with van der Waals surface area (Å²) < 4.78 is 10.5. The Morgan fingerprint density at radius 1 is 1.10 bits per heavy atom. The molecule has 1 fully saturated rings. The zero-order valence-electron chi connectivity index (χ0n) is 17.2. The van der Waals surface area contributed by atoms with Crippen molar-refractivity contribution in [3.05, 3.63) is 53.1 Å². The molecule has 2 aliphatic heterocycles. The molecule has 0 N–H and O–H groups in total. The molecule has 2 amide bonds. The molecule has 8 nitrogen and oxygen atoms in total. The summed E-state index contributed by atoms with van der Waals surface area (Å²) in [6.07, 6.45) is 0. The van der Waals surface area contributed by atoms with Crippen molar-refractivity contribution in [1.82, 2.24) is 0 Å². The average Bonchev–Trinajstić information content (AvgIpc) is 3.27. The maximum atomic E-state index is 13.5. The highest BCUT2D eigenvalue weighted by atomic mass is 35.5. The molecule has 0 spiro atoms. The van der Waals surface area contributed by atoms with Crippen LogP contribution in [0.5, 0.6) is 5.75 Å². The third-order valence-corrected chi connectivity index (χ3v) is 5.76. The van der Waals surface area contributed by atoms with Crippen molar-refractivity contribution in [3.63, 3.8) is 0 Å². The van der Waals surface area contributed by atoms with Gasteiger partial charge in [-0.3, -0.25) is 9.59 Å². The number of methoxy groups -OCH3 is 1. The van der Waals surface area contributed by atoms with Crippen LogP contribution in [0.2, 0.25) is 5.02 Å². The number of hydrazone groups is 1. The van der Waals surface area contributed by atoms with E-state index in [2.05, 4.69) is 5.10 Å². The van der Waals surface area contributed by atoms with Crippen molar-refractivity contribution in [3.8, 4) is 5.75 Å². The van der Waals surface area contributed by atoms with Crippen molar-refractivity contribution in [2.45, 2.75) is 19.9 Å². The fraction of sp³-hybridized carbons (Fsp3) is 0.273. The zero-order chi connectivity index (χ0) is 22.3. The molecule has 0 aromatic heterocycles. The summed E-state index contributed by atoms with van der Waals surface area (Å²) in [6, 6.07) is 10.9. The summed E-state index contributed by atoms with van der Waals surface area (Å²) in [5.41, 5.74) is 1.31. The Balaban J connectivity index is 1.85. The molecule has 9 heteroatoms. The monoisotopic (exact) mass is 441 g/mol. The molecule has 2 atom stereocenters. The number of fused-ring (bicyclic) bond motifs is 1. The van der Waals surface area contributed by atoms with Gasteiger partial charge in [-0.1, -0.05) is 29.8 Å². The summed E-state index contributed by atoms with van der Waals surface area (Å²) in [6.45, 7) is 3.50. The van der Waals surface area contributed by atoms with Crippen LogP contribution in [0.15, 0.2) is 47.6 Å². The van der Waals surface area contributed by atoms with Crippen LogP contribution in [0.4, 0.5) is 11.4 Å². The van der Waals surface area contributed by atoms with E-state index in [4.69, 9.17) is 21.1 Å². The van der Waals surface area contributed by atoms with Crippen molar-refractivity contribution >= 4 is 46.5 Å². The molecular formula is C22H20ClN3O5. The van der Waals surface area contributed by atoms with E-state index in [1.54, 1.807) is 56.3 Å². The fourth-order valence-corrected chi connectivity index (χ4v) is 4.05. The third-order valence-electron chi connectivity index (χ3n) is 5.35. The number of nitrogens with zero attached hydrogens (tertiary/aromatic N) is 3. The van der Waals surface area contributed by atoms with E-state index in [1.807, 2.05) is 0 Å². The number of anilines is 2. The first-order chi connectivity index (χ1) is 14.9. The highest BCUT2D eigenvalue weighted by Crippen LogP contribution is 2.42. The van der Waals surface area contributed by atoms with Gasteiger partial charge in [0, 0.05) is 5.02 Å². The number of hydrogen-bond acceptors (Lipinski definition) is 7. The van der Waals surface area contributed by atoms with Crippen molar-refractivity contribution in [2.75, 3.05) is 23.6 Å². The van der Waals surface area contributed by atoms with E-state index in [0.717, 1.165) is 4.90 Å². The highest BCUT2D eigenvalue weighted by Gasteiger charge is 2.59. The minimum absolute atomic E-state index is 0.113. The van der Waals surface area contributed by atoms with Gasteiger partial charge in [-0.2, -0.15) is 5.10 Å². The van der Waals surface area contributed by atoms with E-state index < -0.39 is 29.7 Å². The Labute approximate surface area is 184 Å². The predicted molar refractivity (Wildman–Crippen MR) is 116 cm³/mol. The molecule has 2 aromatic carbocycles. The van der Waals surface area contributed by atoms with Crippen LogP contribution < -0.4 is 14.6 Å². The van der Waals surface area contributed by atoms with Crippen molar-refractivity contribution in [1.29, 1.82) is 0 Å². The molecule has 2 aliphatic rings. The van der Waals surface area contributed by atoms with Gasteiger partial charge < -0.3 is 9.47 Å². The van der Waals surface area contributed by atoms with E-state index in [1.165, 1.54) is 12.1 Å². The Bertz CT molecular complexity index is 1120. The number of para-hydroxylation sites is 2. The van der Waals surface area contributed by atoms with Gasteiger partial charge >= 0.3 is 5.97 Å². The smallest absolute Gasteiger partial charge is 0.355 e. The zero-order valence-corrected chi connectivity index (χ0v) is 17.9. The van der Waals surface area contributed by atoms with Gasteiger partial charge in [-0.15, -0.1) is 0 Å². The number of ether oxygens (including phenoxy) is 2. The molecule has 0 unspecified atom stereocenters. The maximum absolute atomic E-state index is 13.5. The van der Waals surface area contributed by atoms with Gasteiger partial charge in [-0.25, -0.2) is 14.7 Å². The first-order valence-corrected chi connectivity index (χ1v) is 10.1. The molecule has 1 saturated heterocycles. The molecule has 31 heavy (non-hydrogen) atoms. The Morgan fingerprint density at radius 2 is 1.81 bits per heavy atom. The van der Waals surface area contributed by atoms with Crippen LogP contribution in [-0.2, 0) is 19.1 Å². The maximum Gasteiger partial charge on any atom is 0.355 e. The van der Waals surface area contributed by atoms with Crippen LogP contribution in [-0.4, -0.2) is 43.3 Å². The summed E-state index contributed by atoms with van der Waals surface area (Å²) in [7, 11) is 1.49. The van der Waals surface area contributed by atoms with Crippen LogP contribution in [0.25, 0.3) is 0 Å². The van der Waals surface area contributed by atoms with Crippen LogP contribution in [0, 0.1) is 12.8 Å². The Hall–Kier alpha value is -3.39. The van der Waals surface area contributed by atoms with Crippen molar-refractivity contribution < 1.29 is 23.9 Å². The van der Waals surface area contributed by atoms with Crippen LogP contribution in [0.3, 0.4) is 0 Å². The number of benzene rings is 2. The summed E-state index contributed by atoms with van der Waals surface area (Å²) in [5.74, 6) is -2.44. The summed E-state index contributed by atoms with van der Waals surface area (Å²) >= 11 is 6.22. The van der Waals surface area contributed by atoms with Gasteiger partial charge in [0.1, 0.15) is 23.4 Å². The fourth-order valence-electron chi connectivity index (χ4n) is 3.88. The third kappa shape index (κ3) is 3.23. The lowest BCUT2D eigenvalue weighted by molar-refractivity contribution is -0.136. The van der Waals surface area contributed by atoms with E-state index in [0.29, 0.717) is 27.7 Å². The molecule has 0 radical (unpaired) electrons. The first kappa shape index (κ1) is 20.9. The largest absolute Gasteiger partial charge is 0.495 e. The standard InChI is InChI=1S/C22H20ClN3O5/c1-4-31-22(29)18-17-19(26(24-18)15-9-5-6-11-16(15)30-3)21(28)25(20(17)27)14-10-7-8-13(23)12(14)2/h5-11,17,19H,4H2,1-3H3/t17-,19-/m1/s1. The number of esters is 1. The number of carbonyl (C=O) groups is 3. The predicted octanol–water partition coefficient (Wildman–Crippen LogP) is 2.95. The first-order valence-electron chi connectivity index (χ1n) is 9.71. The molecule has 0 saturated carbocycles. The topological polar surface area (TPSA) is 88.5 Å². The lowest BCUT2D eigenvalue weighted by atomic mass is 9.97. The number of imide groups is 1. The summed E-state index contributed by atoms with van der Waals surface area (Å²) in [5, 5.41) is 6.14. The molecule has 0 bridgehead atoms. The lowest BCUT2D eigenvalue weighted by Gasteiger charge is -2.24. The number of halogens is 1. The molecule has 2 heterocycles. The second-order valence-electron chi connectivity index (χ2n) is 7.04. The minimum atomic E-state index is -1.10. The van der Waals surface area contributed by atoms with E-state index >= 15 is 0 Å². The van der Waals surface area contributed by atoms with Crippen molar-refractivity contribution in [2.24, 2.45) is 11.0 Å². The summed E-state index contributed by atoms with van der Waals surface area (Å²) in [4.78, 5) is 40.7. The SMILES string of the molecule is CCOC(=O)C1=NN(c2ccccc2OC)[C@H]2C(=O)N(c3cccc(Cl)c3C)C(=O)[C@H]12. The van der Waals surface area contributed by atoms with E-state index in [-0.39, 0.29) is 12.3 Å². The van der Waals surface area contributed by atoms with E-state index in [9.17, 15) is 14.4 Å². The quantitative estimate of drug-likeness (QED) is 0.523. The average molecular weight is 442 g/mol. The normalized spacial score (nSPS) is 20.1. The van der Waals surface area contributed by atoms with Gasteiger partial charge in [0.2, 0.25) is 5.91 Å². The van der Waals surface area contributed by atoms with Gasteiger partial charge in [0.25, 0.3) is 5.91 Å². The molecule has 2 aromatic rings. The number of hydrogen-bond donors (Lipinski definition) is 0. The second-order valence-corrected chi connectivity index (χ2v) is 7.45. The van der Waals surface area contributed by atoms with Crippen LogP contribution >= 0.6 is 11.6 Å². The van der Waals surface area contributed by atoms with Crippen LogP contribution in [0.1, 0.15) is 12.5 Å². The number of carbonyl (C=O) groups excluding carboxylic acids is 3. The molecular weight excluding hydrogens is 422 g/mol. The number of amides is 2. The Morgan fingerprint density at radius 3 is 2.52 bits per heavy atom. The molecule has 0 aliphatic carbocycles. The highest BCUT2D eigenvalue weighted by molar-refractivity contribution is 6.47.